The van der Waals surface area contributed by atoms with Crippen molar-refractivity contribution < 1.29 is 5.11 Å². The number of aryl methyl sites for hydroxylation is 2. The van der Waals surface area contributed by atoms with E-state index in [0.717, 1.165) is 28.4 Å². The van der Waals surface area contributed by atoms with Crippen LogP contribution in [-0.4, -0.2) is 5.11 Å². The molecule has 1 aliphatic carbocycles. The van der Waals surface area contributed by atoms with Crippen molar-refractivity contribution in [2.24, 2.45) is 0 Å². The smallest absolute Gasteiger partial charge is 0.105 e. The SMILES string of the molecule is OC(c1cccc(Br)c1)c1ccc2c3c(cccc13)CC2. The van der Waals surface area contributed by atoms with E-state index in [-0.39, 0.29) is 0 Å². The molecule has 1 N–H and O–H groups in total. The molecule has 0 saturated carbocycles. The first-order chi connectivity index (χ1) is 10.2. The van der Waals surface area contributed by atoms with Crippen molar-refractivity contribution in [3.8, 4) is 0 Å². The molecule has 1 unspecified atom stereocenters. The summed E-state index contributed by atoms with van der Waals surface area (Å²) in [5, 5.41) is 13.3. The van der Waals surface area contributed by atoms with E-state index in [9.17, 15) is 5.11 Å². The molecular weight excluding hydrogens is 324 g/mol. The van der Waals surface area contributed by atoms with Crippen molar-refractivity contribution in [2.75, 3.05) is 0 Å². The zero-order chi connectivity index (χ0) is 14.4. The van der Waals surface area contributed by atoms with E-state index in [1.54, 1.807) is 0 Å². The van der Waals surface area contributed by atoms with E-state index in [0.29, 0.717) is 0 Å². The van der Waals surface area contributed by atoms with Crippen molar-refractivity contribution in [3.63, 3.8) is 0 Å². The number of rotatable bonds is 2. The minimum atomic E-state index is -0.590. The van der Waals surface area contributed by atoms with Gasteiger partial charge >= 0.3 is 0 Å². The molecule has 0 saturated heterocycles. The summed E-state index contributed by atoms with van der Waals surface area (Å²) in [6, 6.07) is 18.6. The van der Waals surface area contributed by atoms with E-state index in [4.69, 9.17) is 0 Å². The van der Waals surface area contributed by atoms with Gasteiger partial charge in [-0.2, -0.15) is 0 Å². The third-order valence-corrected chi connectivity index (χ3v) is 4.86. The first kappa shape index (κ1) is 13.1. The lowest BCUT2D eigenvalue weighted by Gasteiger charge is -2.15. The molecule has 0 aliphatic heterocycles. The Balaban J connectivity index is 1.92. The van der Waals surface area contributed by atoms with Gasteiger partial charge in [0.05, 0.1) is 0 Å². The number of benzene rings is 3. The van der Waals surface area contributed by atoms with E-state index in [2.05, 4.69) is 46.3 Å². The fourth-order valence-corrected chi connectivity index (χ4v) is 3.78. The average molecular weight is 339 g/mol. The lowest BCUT2D eigenvalue weighted by molar-refractivity contribution is 0.222. The number of hydrogen-bond donors (Lipinski definition) is 1. The number of aliphatic hydroxyl groups is 1. The van der Waals surface area contributed by atoms with E-state index >= 15 is 0 Å². The van der Waals surface area contributed by atoms with Crippen molar-refractivity contribution in [3.05, 3.63) is 81.3 Å². The van der Waals surface area contributed by atoms with Gasteiger partial charge < -0.3 is 5.11 Å². The molecule has 0 radical (unpaired) electrons. The molecule has 1 nitrogen and oxygen atoms in total. The minimum Gasteiger partial charge on any atom is -0.384 e. The summed E-state index contributed by atoms with van der Waals surface area (Å²) in [5.41, 5.74) is 4.73. The van der Waals surface area contributed by atoms with Gasteiger partial charge in [-0.15, -0.1) is 0 Å². The van der Waals surface area contributed by atoms with Gasteiger partial charge in [-0.1, -0.05) is 58.4 Å². The topological polar surface area (TPSA) is 20.2 Å². The third-order valence-electron chi connectivity index (χ3n) is 4.37. The maximum Gasteiger partial charge on any atom is 0.105 e. The van der Waals surface area contributed by atoms with Gasteiger partial charge in [0.25, 0.3) is 0 Å². The van der Waals surface area contributed by atoms with Gasteiger partial charge in [-0.25, -0.2) is 0 Å². The molecule has 4 rings (SSSR count). The predicted octanol–water partition coefficient (Wildman–Crippen LogP) is 4.78. The first-order valence-electron chi connectivity index (χ1n) is 7.21. The average Bonchev–Trinajstić information content (AvgIpc) is 2.92. The van der Waals surface area contributed by atoms with Crippen LogP contribution in [0, 0.1) is 0 Å². The zero-order valence-electron chi connectivity index (χ0n) is 11.5. The molecule has 0 aromatic heterocycles. The fourth-order valence-electron chi connectivity index (χ4n) is 3.36. The van der Waals surface area contributed by atoms with Crippen molar-refractivity contribution in [1.82, 2.24) is 0 Å². The van der Waals surface area contributed by atoms with Crippen LogP contribution in [0.3, 0.4) is 0 Å². The van der Waals surface area contributed by atoms with Crippen LogP contribution < -0.4 is 0 Å². The minimum absolute atomic E-state index is 0.590. The Morgan fingerprint density at radius 2 is 1.67 bits per heavy atom. The fraction of sp³-hybridized carbons (Fsp3) is 0.158. The van der Waals surface area contributed by atoms with Crippen LogP contribution in [-0.2, 0) is 12.8 Å². The highest BCUT2D eigenvalue weighted by molar-refractivity contribution is 9.10. The van der Waals surface area contributed by atoms with Crippen LogP contribution in [0.4, 0.5) is 0 Å². The Kier molecular flexibility index (Phi) is 3.09. The molecule has 3 aromatic rings. The van der Waals surface area contributed by atoms with E-state index in [1.807, 2.05) is 24.3 Å². The van der Waals surface area contributed by atoms with Gasteiger partial charge in [0.15, 0.2) is 0 Å². The predicted molar refractivity (Wildman–Crippen MR) is 89.6 cm³/mol. The Morgan fingerprint density at radius 1 is 0.905 bits per heavy atom. The highest BCUT2D eigenvalue weighted by Gasteiger charge is 2.19. The summed E-state index contributed by atoms with van der Waals surface area (Å²) < 4.78 is 0.991. The molecule has 1 aliphatic rings. The summed E-state index contributed by atoms with van der Waals surface area (Å²) >= 11 is 3.47. The lowest BCUT2D eigenvalue weighted by Crippen LogP contribution is -2.01. The molecule has 1 atom stereocenters. The summed E-state index contributed by atoms with van der Waals surface area (Å²) in [4.78, 5) is 0. The quantitative estimate of drug-likeness (QED) is 0.712. The second-order valence-corrected chi connectivity index (χ2v) is 6.53. The van der Waals surface area contributed by atoms with Crippen molar-refractivity contribution in [2.45, 2.75) is 18.9 Å². The molecule has 3 aromatic carbocycles. The molecule has 0 bridgehead atoms. The standard InChI is InChI=1S/C19H15BrO/c20-15-5-1-4-14(11-15)19(21)17-10-9-13-8-7-12-3-2-6-16(17)18(12)13/h1-6,9-11,19,21H,7-8H2. The Bertz CT molecular complexity index is 828. The van der Waals surface area contributed by atoms with Crippen molar-refractivity contribution in [1.29, 1.82) is 0 Å². The Hall–Kier alpha value is -1.64. The molecule has 21 heavy (non-hydrogen) atoms. The molecule has 0 heterocycles. The number of halogens is 1. The highest BCUT2D eigenvalue weighted by Crippen LogP contribution is 2.36. The van der Waals surface area contributed by atoms with Crippen molar-refractivity contribution >= 4 is 26.7 Å². The summed E-state index contributed by atoms with van der Waals surface area (Å²) in [6.07, 6.45) is 1.64. The molecule has 2 heteroatoms. The van der Waals surface area contributed by atoms with Gasteiger partial charge in [0.1, 0.15) is 6.10 Å². The van der Waals surface area contributed by atoms with Crippen LogP contribution in [0.1, 0.15) is 28.4 Å². The van der Waals surface area contributed by atoms with Gasteiger partial charge in [0.2, 0.25) is 0 Å². The lowest BCUT2D eigenvalue weighted by atomic mass is 9.93. The number of hydrogen-bond acceptors (Lipinski definition) is 1. The largest absolute Gasteiger partial charge is 0.384 e. The molecule has 0 fully saturated rings. The molecular formula is C19H15BrO. The molecule has 0 spiro atoms. The normalized spacial score (nSPS) is 14.6. The second kappa shape index (κ2) is 4.97. The zero-order valence-corrected chi connectivity index (χ0v) is 13.1. The summed E-state index contributed by atoms with van der Waals surface area (Å²) in [7, 11) is 0. The number of aliphatic hydroxyl groups excluding tert-OH is 1. The summed E-state index contributed by atoms with van der Waals surface area (Å²) in [6.45, 7) is 0. The Morgan fingerprint density at radius 3 is 2.48 bits per heavy atom. The van der Waals surface area contributed by atoms with Crippen LogP contribution in [0.25, 0.3) is 10.8 Å². The van der Waals surface area contributed by atoms with Crippen LogP contribution in [0.15, 0.2) is 59.1 Å². The maximum absolute atomic E-state index is 10.8. The maximum atomic E-state index is 10.8. The van der Waals surface area contributed by atoms with Gasteiger partial charge in [-0.05, 0) is 58.0 Å². The van der Waals surface area contributed by atoms with Gasteiger partial charge in [0, 0.05) is 4.47 Å². The second-order valence-electron chi connectivity index (χ2n) is 5.61. The van der Waals surface area contributed by atoms with E-state index < -0.39 is 6.10 Å². The third kappa shape index (κ3) is 2.10. The van der Waals surface area contributed by atoms with Crippen LogP contribution in [0.2, 0.25) is 0 Å². The van der Waals surface area contributed by atoms with E-state index in [1.165, 1.54) is 21.9 Å². The Labute approximate surface area is 132 Å². The highest BCUT2D eigenvalue weighted by atomic mass is 79.9. The van der Waals surface area contributed by atoms with Gasteiger partial charge in [-0.3, -0.25) is 0 Å². The summed E-state index contributed by atoms with van der Waals surface area (Å²) in [5.74, 6) is 0. The molecule has 0 amide bonds. The monoisotopic (exact) mass is 338 g/mol. The molecule has 104 valence electrons. The van der Waals surface area contributed by atoms with Crippen LogP contribution >= 0.6 is 15.9 Å². The first-order valence-corrected chi connectivity index (χ1v) is 8.00. The van der Waals surface area contributed by atoms with Crippen LogP contribution in [0.5, 0.6) is 0 Å².